The van der Waals surface area contributed by atoms with Gasteiger partial charge in [0.1, 0.15) is 5.75 Å². The van der Waals surface area contributed by atoms with Crippen LogP contribution in [0.25, 0.3) is 6.08 Å². The zero-order chi connectivity index (χ0) is 23.4. The fraction of sp³-hybridized carbons (Fsp3) is 0.0435. The monoisotopic (exact) mass is 460 g/mol. The standard InChI is InChI=1S/C23H16N4O5S/c28-20-11-10-18(25-24-17-7-2-1-3-8-17)12-16(20)13-21-22(29)26(23(30)33-21)14-15-6-4-5-9-19(15)27(31)32/h1-13,28H,14H2/b21-13-,25-24?. The highest BCUT2D eigenvalue weighted by molar-refractivity contribution is 8.18. The average molecular weight is 460 g/mol. The maximum absolute atomic E-state index is 12.8. The topological polar surface area (TPSA) is 125 Å². The van der Waals surface area contributed by atoms with Gasteiger partial charge in [-0.1, -0.05) is 36.4 Å². The number of azo groups is 1. The maximum Gasteiger partial charge on any atom is 0.293 e. The van der Waals surface area contributed by atoms with Gasteiger partial charge in [-0.15, -0.1) is 0 Å². The second-order valence-corrected chi connectivity index (χ2v) is 7.93. The number of amides is 2. The molecular weight excluding hydrogens is 444 g/mol. The summed E-state index contributed by atoms with van der Waals surface area (Å²) in [4.78, 5) is 37.0. The number of thioether (sulfide) groups is 1. The van der Waals surface area contributed by atoms with Gasteiger partial charge in [0.15, 0.2) is 0 Å². The first-order valence-corrected chi connectivity index (χ1v) is 10.5. The van der Waals surface area contributed by atoms with Gasteiger partial charge in [-0.05, 0) is 48.2 Å². The molecule has 0 aliphatic carbocycles. The van der Waals surface area contributed by atoms with Crippen LogP contribution in [-0.4, -0.2) is 26.1 Å². The van der Waals surface area contributed by atoms with Gasteiger partial charge >= 0.3 is 0 Å². The minimum atomic E-state index is -0.598. The zero-order valence-electron chi connectivity index (χ0n) is 17.0. The Labute approximate surface area is 192 Å². The van der Waals surface area contributed by atoms with Crippen LogP contribution in [0.5, 0.6) is 5.75 Å². The largest absolute Gasteiger partial charge is 0.507 e. The quantitative estimate of drug-likeness (QED) is 0.210. The van der Waals surface area contributed by atoms with Gasteiger partial charge < -0.3 is 5.11 Å². The van der Waals surface area contributed by atoms with Crippen LogP contribution in [0.1, 0.15) is 11.1 Å². The molecule has 0 aromatic heterocycles. The summed E-state index contributed by atoms with van der Waals surface area (Å²) in [6, 6.07) is 19.6. The van der Waals surface area contributed by atoms with Crippen molar-refractivity contribution in [2.24, 2.45) is 10.2 Å². The maximum atomic E-state index is 12.8. The van der Waals surface area contributed by atoms with Gasteiger partial charge in [-0.3, -0.25) is 24.6 Å². The Morgan fingerprint density at radius 2 is 1.67 bits per heavy atom. The lowest BCUT2D eigenvalue weighted by molar-refractivity contribution is -0.385. The molecule has 10 heteroatoms. The summed E-state index contributed by atoms with van der Waals surface area (Å²) < 4.78 is 0. The molecule has 0 saturated carbocycles. The Hall–Kier alpha value is -4.31. The van der Waals surface area contributed by atoms with Crippen molar-refractivity contribution >= 4 is 46.0 Å². The van der Waals surface area contributed by atoms with Gasteiger partial charge in [0.05, 0.1) is 27.7 Å². The summed E-state index contributed by atoms with van der Waals surface area (Å²) in [7, 11) is 0. The third-order valence-corrected chi connectivity index (χ3v) is 5.63. The zero-order valence-corrected chi connectivity index (χ0v) is 17.8. The van der Waals surface area contributed by atoms with E-state index in [4.69, 9.17) is 0 Å². The number of nitrogens with zero attached hydrogens (tertiary/aromatic N) is 4. The van der Waals surface area contributed by atoms with Gasteiger partial charge in [0, 0.05) is 17.2 Å². The van der Waals surface area contributed by atoms with Crippen LogP contribution >= 0.6 is 11.8 Å². The number of nitro benzene ring substituents is 1. The number of phenolic OH excluding ortho intramolecular Hbond substituents is 1. The first-order chi connectivity index (χ1) is 15.9. The molecule has 1 N–H and O–H groups in total. The number of aromatic hydroxyl groups is 1. The minimum absolute atomic E-state index is 0.0889. The van der Waals surface area contributed by atoms with E-state index in [-0.39, 0.29) is 34.0 Å². The van der Waals surface area contributed by atoms with E-state index in [2.05, 4.69) is 10.2 Å². The Bertz CT molecular complexity index is 1310. The number of carbonyl (C=O) groups is 2. The first kappa shape index (κ1) is 21.9. The molecule has 9 nitrogen and oxygen atoms in total. The van der Waals surface area contributed by atoms with Crippen LogP contribution < -0.4 is 0 Å². The summed E-state index contributed by atoms with van der Waals surface area (Å²) in [5.41, 5.74) is 1.47. The van der Waals surface area contributed by atoms with E-state index < -0.39 is 16.1 Å². The molecular formula is C23H16N4O5S. The van der Waals surface area contributed by atoms with Gasteiger partial charge in [0.2, 0.25) is 0 Å². The summed E-state index contributed by atoms with van der Waals surface area (Å²) in [6.07, 6.45) is 1.39. The Morgan fingerprint density at radius 3 is 2.42 bits per heavy atom. The lowest BCUT2D eigenvalue weighted by atomic mass is 10.1. The predicted octanol–water partition coefficient (Wildman–Crippen LogP) is 5.95. The van der Waals surface area contributed by atoms with Crippen molar-refractivity contribution in [3.63, 3.8) is 0 Å². The van der Waals surface area contributed by atoms with Crippen LogP contribution in [0.3, 0.4) is 0 Å². The number of benzene rings is 3. The SMILES string of the molecule is O=C1S/C(=C\c2cc(N=Nc3ccccc3)ccc2O)C(=O)N1Cc1ccccc1[N+](=O)[O-]. The summed E-state index contributed by atoms with van der Waals surface area (Å²) in [5.74, 6) is -0.696. The van der Waals surface area contributed by atoms with Crippen LogP contribution in [0.15, 0.2) is 87.9 Å². The van der Waals surface area contributed by atoms with Crippen LogP contribution in [0, 0.1) is 10.1 Å². The molecule has 1 aliphatic heterocycles. The summed E-state index contributed by atoms with van der Waals surface area (Å²) in [6.45, 7) is -0.226. The number of rotatable bonds is 6. The number of imide groups is 1. The molecule has 1 heterocycles. The molecule has 33 heavy (non-hydrogen) atoms. The van der Waals surface area contributed by atoms with Crippen molar-refractivity contribution in [2.75, 3.05) is 0 Å². The second kappa shape index (κ2) is 9.45. The highest BCUT2D eigenvalue weighted by atomic mass is 32.2. The van der Waals surface area contributed by atoms with Crippen molar-refractivity contribution in [2.45, 2.75) is 6.54 Å². The number of hydrogen-bond donors (Lipinski definition) is 1. The van der Waals surface area contributed by atoms with Gasteiger partial charge in [-0.2, -0.15) is 10.2 Å². The molecule has 0 unspecified atom stereocenters. The van der Waals surface area contributed by atoms with Crippen molar-refractivity contribution in [3.8, 4) is 5.75 Å². The molecule has 1 fully saturated rings. The molecule has 0 atom stereocenters. The van der Waals surface area contributed by atoms with E-state index in [0.29, 0.717) is 23.1 Å². The van der Waals surface area contributed by atoms with Crippen LogP contribution in [0.4, 0.5) is 21.9 Å². The fourth-order valence-electron chi connectivity index (χ4n) is 3.10. The number of para-hydroxylation sites is 1. The third-order valence-electron chi connectivity index (χ3n) is 4.73. The number of phenols is 1. The van der Waals surface area contributed by atoms with Crippen LogP contribution in [0.2, 0.25) is 0 Å². The molecule has 164 valence electrons. The Balaban J connectivity index is 1.57. The lowest BCUT2D eigenvalue weighted by Gasteiger charge is -2.12. The molecule has 0 radical (unpaired) electrons. The lowest BCUT2D eigenvalue weighted by Crippen LogP contribution is -2.27. The summed E-state index contributed by atoms with van der Waals surface area (Å²) in [5, 5.41) is 29.2. The Morgan fingerprint density at radius 1 is 0.970 bits per heavy atom. The molecule has 3 aromatic carbocycles. The molecule has 2 amide bonds. The Kier molecular flexibility index (Phi) is 6.27. The molecule has 0 bridgehead atoms. The van der Waals surface area contributed by atoms with E-state index in [1.54, 1.807) is 24.3 Å². The molecule has 1 saturated heterocycles. The average Bonchev–Trinajstić information content (AvgIpc) is 3.08. The highest BCUT2D eigenvalue weighted by Crippen LogP contribution is 2.36. The molecule has 0 spiro atoms. The van der Waals surface area contributed by atoms with Gasteiger partial charge in [0.25, 0.3) is 16.8 Å². The third kappa shape index (κ3) is 4.96. The molecule has 4 rings (SSSR count). The fourth-order valence-corrected chi connectivity index (χ4v) is 3.93. The van der Waals surface area contributed by atoms with E-state index in [1.807, 2.05) is 18.2 Å². The van der Waals surface area contributed by atoms with Gasteiger partial charge in [-0.25, -0.2) is 0 Å². The number of carbonyl (C=O) groups excluding carboxylic acids is 2. The number of hydrogen-bond acceptors (Lipinski definition) is 8. The van der Waals surface area contributed by atoms with Crippen molar-refractivity contribution < 1.29 is 19.6 Å². The normalized spacial score (nSPS) is 15.0. The van der Waals surface area contributed by atoms with E-state index >= 15 is 0 Å². The van der Waals surface area contributed by atoms with Crippen LogP contribution in [-0.2, 0) is 11.3 Å². The van der Waals surface area contributed by atoms with E-state index in [9.17, 15) is 24.8 Å². The smallest absolute Gasteiger partial charge is 0.293 e. The highest BCUT2D eigenvalue weighted by Gasteiger charge is 2.36. The van der Waals surface area contributed by atoms with Crippen molar-refractivity contribution in [3.05, 3.63) is 98.9 Å². The molecule has 3 aromatic rings. The molecule has 1 aliphatic rings. The van der Waals surface area contributed by atoms with E-state index in [1.165, 1.54) is 36.4 Å². The van der Waals surface area contributed by atoms with Crippen molar-refractivity contribution in [1.82, 2.24) is 4.90 Å². The minimum Gasteiger partial charge on any atom is -0.507 e. The number of nitro groups is 1. The second-order valence-electron chi connectivity index (χ2n) is 6.93. The van der Waals surface area contributed by atoms with Crippen molar-refractivity contribution in [1.29, 1.82) is 0 Å². The first-order valence-electron chi connectivity index (χ1n) is 9.70. The van der Waals surface area contributed by atoms with E-state index in [0.717, 1.165) is 4.90 Å². The summed E-state index contributed by atoms with van der Waals surface area (Å²) >= 11 is 0.698. The predicted molar refractivity (Wildman–Crippen MR) is 123 cm³/mol.